The highest BCUT2D eigenvalue weighted by atomic mass is 16.5. The number of benzene rings is 1. The maximum Gasteiger partial charge on any atom is 0.307 e. The van der Waals surface area contributed by atoms with Gasteiger partial charge in [-0.05, 0) is 44.0 Å². The van der Waals surface area contributed by atoms with Gasteiger partial charge in [0.2, 0.25) is 0 Å². The second-order valence-electron chi connectivity index (χ2n) is 5.14. The molecule has 1 aliphatic rings. The average Bonchev–Trinajstić information content (AvgIpc) is 2.41. The van der Waals surface area contributed by atoms with Gasteiger partial charge in [-0.1, -0.05) is 12.1 Å². The van der Waals surface area contributed by atoms with Crippen molar-refractivity contribution in [1.82, 2.24) is 5.32 Å². The molecule has 2 atom stereocenters. The fraction of sp³-hybridized carbons (Fsp3) is 0.533. The van der Waals surface area contributed by atoms with Crippen LogP contribution in [0.1, 0.15) is 25.3 Å². The van der Waals surface area contributed by atoms with E-state index in [0.29, 0.717) is 5.92 Å². The van der Waals surface area contributed by atoms with Crippen molar-refractivity contribution in [2.24, 2.45) is 5.92 Å². The average molecular weight is 263 g/mol. The van der Waals surface area contributed by atoms with Gasteiger partial charge in [0, 0.05) is 12.5 Å². The summed E-state index contributed by atoms with van der Waals surface area (Å²) in [5, 5.41) is 12.1. The van der Waals surface area contributed by atoms with Gasteiger partial charge in [0.1, 0.15) is 5.75 Å². The van der Waals surface area contributed by atoms with Crippen molar-refractivity contribution in [1.29, 1.82) is 0 Å². The van der Waals surface area contributed by atoms with E-state index in [1.807, 2.05) is 24.3 Å². The Morgan fingerprint density at radius 3 is 2.79 bits per heavy atom. The first-order valence-electron chi connectivity index (χ1n) is 6.83. The molecule has 1 saturated heterocycles. The van der Waals surface area contributed by atoms with Crippen molar-refractivity contribution < 1.29 is 14.6 Å². The Hall–Kier alpha value is -1.55. The van der Waals surface area contributed by atoms with Crippen LogP contribution in [0.3, 0.4) is 0 Å². The normalized spacial score (nSPS) is 20.8. The second-order valence-corrected chi connectivity index (χ2v) is 5.14. The zero-order valence-corrected chi connectivity index (χ0v) is 11.3. The van der Waals surface area contributed by atoms with E-state index < -0.39 is 5.97 Å². The third kappa shape index (κ3) is 4.24. The maximum atomic E-state index is 10.6. The highest BCUT2D eigenvalue weighted by molar-refractivity contribution is 5.70. The van der Waals surface area contributed by atoms with Gasteiger partial charge in [-0.3, -0.25) is 4.79 Å². The standard InChI is InChI=1S/C15H21NO3/c1-11(13-3-2-8-16-10-13)19-14-6-4-12(5-7-14)9-15(17)18/h4-7,11,13,16H,2-3,8-10H2,1H3,(H,17,18). The number of ether oxygens (including phenoxy) is 1. The van der Waals surface area contributed by atoms with Crippen molar-refractivity contribution in [2.45, 2.75) is 32.3 Å². The Morgan fingerprint density at radius 2 is 2.21 bits per heavy atom. The smallest absolute Gasteiger partial charge is 0.307 e. The van der Waals surface area contributed by atoms with Crippen LogP contribution in [0, 0.1) is 5.92 Å². The zero-order chi connectivity index (χ0) is 13.7. The fourth-order valence-corrected chi connectivity index (χ4v) is 2.45. The van der Waals surface area contributed by atoms with Gasteiger partial charge < -0.3 is 15.2 Å². The maximum absolute atomic E-state index is 10.6. The minimum absolute atomic E-state index is 0.0579. The van der Waals surface area contributed by atoms with Crippen molar-refractivity contribution in [3.63, 3.8) is 0 Å². The molecule has 0 spiro atoms. The number of carbonyl (C=O) groups is 1. The quantitative estimate of drug-likeness (QED) is 0.854. The third-order valence-corrected chi connectivity index (χ3v) is 3.60. The summed E-state index contributed by atoms with van der Waals surface area (Å²) >= 11 is 0. The molecule has 2 rings (SSSR count). The summed E-state index contributed by atoms with van der Waals surface area (Å²) in [7, 11) is 0. The Labute approximate surface area is 113 Å². The summed E-state index contributed by atoms with van der Waals surface area (Å²) in [5.41, 5.74) is 0.798. The molecular formula is C15H21NO3. The molecule has 0 radical (unpaired) electrons. The molecule has 1 aromatic carbocycles. The summed E-state index contributed by atoms with van der Waals surface area (Å²) in [6.07, 6.45) is 2.64. The van der Waals surface area contributed by atoms with Gasteiger partial charge in [-0.15, -0.1) is 0 Å². The molecule has 1 aromatic rings. The topological polar surface area (TPSA) is 58.6 Å². The van der Waals surface area contributed by atoms with Crippen LogP contribution in [-0.2, 0) is 11.2 Å². The molecular weight excluding hydrogens is 242 g/mol. The Bertz CT molecular complexity index is 410. The molecule has 1 aliphatic heterocycles. The van der Waals surface area contributed by atoms with Crippen molar-refractivity contribution >= 4 is 5.97 Å². The first kappa shape index (κ1) is 13.9. The first-order valence-corrected chi connectivity index (χ1v) is 6.83. The summed E-state index contributed by atoms with van der Waals surface area (Å²) < 4.78 is 5.93. The van der Waals surface area contributed by atoms with Crippen molar-refractivity contribution in [2.75, 3.05) is 13.1 Å². The highest BCUT2D eigenvalue weighted by Gasteiger charge is 2.21. The van der Waals surface area contributed by atoms with Gasteiger partial charge in [-0.2, -0.15) is 0 Å². The summed E-state index contributed by atoms with van der Waals surface area (Å²) in [5.74, 6) is 0.551. The summed E-state index contributed by atoms with van der Waals surface area (Å²) in [6, 6.07) is 7.33. The lowest BCUT2D eigenvalue weighted by Gasteiger charge is -2.28. The number of piperidine rings is 1. The molecule has 0 aliphatic carbocycles. The molecule has 0 amide bonds. The third-order valence-electron chi connectivity index (χ3n) is 3.60. The van der Waals surface area contributed by atoms with Crippen LogP contribution in [0.25, 0.3) is 0 Å². The lowest BCUT2D eigenvalue weighted by molar-refractivity contribution is -0.136. The number of carboxylic acid groups (broad SMARTS) is 1. The predicted molar refractivity (Wildman–Crippen MR) is 73.5 cm³/mol. The molecule has 19 heavy (non-hydrogen) atoms. The minimum atomic E-state index is -0.810. The first-order chi connectivity index (χ1) is 9.15. The minimum Gasteiger partial charge on any atom is -0.490 e. The number of carboxylic acids is 1. The van der Waals surface area contributed by atoms with E-state index in [1.54, 1.807) is 0 Å². The molecule has 104 valence electrons. The molecule has 2 unspecified atom stereocenters. The SMILES string of the molecule is CC(Oc1ccc(CC(=O)O)cc1)C1CCCNC1. The number of nitrogens with one attached hydrogen (secondary N) is 1. The zero-order valence-electron chi connectivity index (χ0n) is 11.3. The van der Waals surface area contributed by atoms with Crippen LogP contribution in [0.4, 0.5) is 0 Å². The van der Waals surface area contributed by atoms with Crippen LogP contribution in [0.2, 0.25) is 0 Å². The van der Waals surface area contributed by atoms with E-state index in [2.05, 4.69) is 12.2 Å². The fourth-order valence-electron chi connectivity index (χ4n) is 2.45. The molecule has 1 fully saturated rings. The lowest BCUT2D eigenvalue weighted by atomic mass is 9.94. The van der Waals surface area contributed by atoms with E-state index in [4.69, 9.17) is 9.84 Å². The van der Waals surface area contributed by atoms with Gasteiger partial charge in [0.15, 0.2) is 0 Å². The lowest BCUT2D eigenvalue weighted by Crippen LogP contribution is -2.37. The molecule has 4 nitrogen and oxygen atoms in total. The van der Waals surface area contributed by atoms with Crippen LogP contribution < -0.4 is 10.1 Å². The Balaban J connectivity index is 1.89. The predicted octanol–water partition coefficient (Wildman–Crippen LogP) is 2.08. The monoisotopic (exact) mass is 263 g/mol. The molecule has 0 saturated carbocycles. The van der Waals surface area contributed by atoms with Crippen LogP contribution >= 0.6 is 0 Å². The van der Waals surface area contributed by atoms with Crippen LogP contribution in [-0.4, -0.2) is 30.3 Å². The molecule has 0 aromatic heterocycles. The summed E-state index contributed by atoms with van der Waals surface area (Å²) in [6.45, 7) is 4.22. The van der Waals surface area contributed by atoms with Gasteiger partial charge in [0.05, 0.1) is 12.5 Å². The Morgan fingerprint density at radius 1 is 1.47 bits per heavy atom. The Kier molecular flexibility index (Phi) is 4.80. The number of hydrogen-bond donors (Lipinski definition) is 2. The van der Waals surface area contributed by atoms with Crippen molar-refractivity contribution in [3.05, 3.63) is 29.8 Å². The molecule has 1 heterocycles. The highest BCUT2D eigenvalue weighted by Crippen LogP contribution is 2.21. The second kappa shape index (κ2) is 6.57. The van der Waals surface area contributed by atoms with E-state index >= 15 is 0 Å². The van der Waals surface area contributed by atoms with Gasteiger partial charge in [0.25, 0.3) is 0 Å². The number of rotatable bonds is 5. The number of hydrogen-bond acceptors (Lipinski definition) is 3. The summed E-state index contributed by atoms with van der Waals surface area (Å²) in [4.78, 5) is 10.6. The van der Waals surface area contributed by atoms with Gasteiger partial charge >= 0.3 is 5.97 Å². The van der Waals surface area contributed by atoms with E-state index in [-0.39, 0.29) is 12.5 Å². The largest absolute Gasteiger partial charge is 0.490 e. The van der Waals surface area contributed by atoms with Crippen LogP contribution in [0.5, 0.6) is 5.75 Å². The number of aliphatic carboxylic acids is 1. The van der Waals surface area contributed by atoms with E-state index in [1.165, 1.54) is 12.8 Å². The van der Waals surface area contributed by atoms with Crippen LogP contribution in [0.15, 0.2) is 24.3 Å². The van der Waals surface area contributed by atoms with E-state index in [9.17, 15) is 4.79 Å². The van der Waals surface area contributed by atoms with Crippen molar-refractivity contribution in [3.8, 4) is 5.75 Å². The van der Waals surface area contributed by atoms with E-state index in [0.717, 1.165) is 24.4 Å². The molecule has 4 heteroatoms. The molecule has 2 N–H and O–H groups in total. The van der Waals surface area contributed by atoms with Gasteiger partial charge in [-0.25, -0.2) is 0 Å². The molecule has 0 bridgehead atoms.